The lowest BCUT2D eigenvalue weighted by atomic mass is 10.2. The SMILES string of the molecule is Fc1ccc(F)c(CNc2nsnc2Cl)c1. The molecule has 0 saturated heterocycles. The Morgan fingerprint density at radius 1 is 1.31 bits per heavy atom. The van der Waals surface area contributed by atoms with Crippen LogP contribution in [-0.2, 0) is 6.54 Å². The molecular weight excluding hydrogens is 256 g/mol. The molecule has 2 aromatic rings. The highest BCUT2D eigenvalue weighted by Gasteiger charge is 2.07. The fraction of sp³-hybridized carbons (Fsp3) is 0.111. The third-order valence-electron chi connectivity index (χ3n) is 1.90. The normalized spacial score (nSPS) is 10.4. The summed E-state index contributed by atoms with van der Waals surface area (Å²) in [6.45, 7) is 0.106. The topological polar surface area (TPSA) is 37.8 Å². The molecule has 1 N–H and O–H groups in total. The highest BCUT2D eigenvalue weighted by atomic mass is 35.5. The van der Waals surface area contributed by atoms with Crippen LogP contribution < -0.4 is 5.32 Å². The molecule has 0 aliphatic rings. The molecule has 84 valence electrons. The Kier molecular flexibility index (Phi) is 3.31. The molecular formula is C9H6ClF2N3S. The van der Waals surface area contributed by atoms with Gasteiger partial charge in [-0.25, -0.2) is 8.78 Å². The summed E-state index contributed by atoms with van der Waals surface area (Å²) < 4.78 is 33.7. The number of benzene rings is 1. The summed E-state index contributed by atoms with van der Waals surface area (Å²) in [6.07, 6.45) is 0. The van der Waals surface area contributed by atoms with Crippen LogP contribution in [0.3, 0.4) is 0 Å². The molecule has 2 rings (SSSR count). The minimum Gasteiger partial charge on any atom is -0.362 e. The Hall–Kier alpha value is -1.27. The second-order valence-electron chi connectivity index (χ2n) is 2.99. The van der Waals surface area contributed by atoms with E-state index in [0.29, 0.717) is 5.82 Å². The van der Waals surface area contributed by atoms with Crippen molar-refractivity contribution in [2.75, 3.05) is 5.32 Å². The van der Waals surface area contributed by atoms with E-state index in [1.165, 1.54) is 0 Å². The van der Waals surface area contributed by atoms with Gasteiger partial charge in [-0.3, -0.25) is 0 Å². The van der Waals surface area contributed by atoms with Crippen molar-refractivity contribution in [3.8, 4) is 0 Å². The van der Waals surface area contributed by atoms with Crippen molar-refractivity contribution in [3.05, 3.63) is 40.6 Å². The van der Waals surface area contributed by atoms with Gasteiger partial charge in [0.2, 0.25) is 0 Å². The van der Waals surface area contributed by atoms with Crippen LogP contribution in [0.25, 0.3) is 0 Å². The molecule has 3 nitrogen and oxygen atoms in total. The molecule has 0 spiro atoms. The van der Waals surface area contributed by atoms with E-state index in [1.54, 1.807) is 0 Å². The Bertz CT molecular complexity index is 503. The predicted octanol–water partition coefficient (Wildman–Crippen LogP) is 3.08. The minimum absolute atomic E-state index is 0.106. The maximum absolute atomic E-state index is 13.2. The third kappa shape index (κ3) is 2.45. The van der Waals surface area contributed by atoms with Gasteiger partial charge < -0.3 is 5.32 Å². The lowest BCUT2D eigenvalue weighted by Crippen LogP contribution is -2.02. The number of hydrogen-bond acceptors (Lipinski definition) is 4. The van der Waals surface area contributed by atoms with Crippen molar-refractivity contribution in [2.24, 2.45) is 0 Å². The molecule has 0 unspecified atom stereocenters. The number of nitrogens with zero attached hydrogens (tertiary/aromatic N) is 2. The summed E-state index contributed by atoms with van der Waals surface area (Å²) >= 11 is 6.63. The summed E-state index contributed by atoms with van der Waals surface area (Å²) in [7, 11) is 0. The Balaban J connectivity index is 2.10. The van der Waals surface area contributed by atoms with Crippen molar-refractivity contribution in [1.29, 1.82) is 0 Å². The van der Waals surface area contributed by atoms with Gasteiger partial charge in [-0.05, 0) is 18.2 Å². The van der Waals surface area contributed by atoms with Crippen molar-refractivity contribution in [3.63, 3.8) is 0 Å². The first-order valence-corrected chi connectivity index (χ1v) is 5.43. The van der Waals surface area contributed by atoms with E-state index in [2.05, 4.69) is 14.1 Å². The van der Waals surface area contributed by atoms with Gasteiger partial charge in [-0.2, -0.15) is 8.75 Å². The van der Waals surface area contributed by atoms with Crippen molar-refractivity contribution >= 4 is 29.1 Å². The summed E-state index contributed by atoms with van der Waals surface area (Å²) in [5.74, 6) is -0.593. The molecule has 0 aliphatic carbocycles. The van der Waals surface area contributed by atoms with E-state index in [4.69, 9.17) is 11.6 Å². The second kappa shape index (κ2) is 4.71. The smallest absolute Gasteiger partial charge is 0.186 e. The minimum atomic E-state index is -0.485. The van der Waals surface area contributed by atoms with Crippen LogP contribution >= 0.6 is 23.3 Å². The average Bonchev–Trinajstić information content (AvgIpc) is 2.66. The maximum Gasteiger partial charge on any atom is 0.186 e. The molecule has 0 radical (unpaired) electrons. The van der Waals surface area contributed by atoms with E-state index in [-0.39, 0.29) is 17.3 Å². The summed E-state index contributed by atoms with van der Waals surface area (Å²) in [6, 6.07) is 3.26. The van der Waals surface area contributed by atoms with E-state index >= 15 is 0 Å². The van der Waals surface area contributed by atoms with Crippen LogP contribution in [0, 0.1) is 11.6 Å². The van der Waals surface area contributed by atoms with Gasteiger partial charge in [0, 0.05) is 12.1 Å². The first-order chi connectivity index (χ1) is 7.66. The standard InChI is InChI=1S/C9H6ClF2N3S/c10-8-9(15-16-14-8)13-4-5-3-6(11)1-2-7(5)12/h1-3H,4H2,(H,13,15). The van der Waals surface area contributed by atoms with E-state index in [0.717, 1.165) is 29.9 Å². The number of nitrogens with one attached hydrogen (secondary N) is 1. The summed E-state index contributed by atoms with van der Waals surface area (Å²) in [5, 5.41) is 3.00. The van der Waals surface area contributed by atoms with Gasteiger partial charge in [0.25, 0.3) is 0 Å². The Morgan fingerprint density at radius 3 is 2.81 bits per heavy atom. The molecule has 0 saturated carbocycles. The van der Waals surface area contributed by atoms with E-state index in [9.17, 15) is 8.78 Å². The average molecular weight is 262 g/mol. The lowest BCUT2D eigenvalue weighted by molar-refractivity contribution is 0.587. The molecule has 16 heavy (non-hydrogen) atoms. The molecule has 1 heterocycles. The van der Waals surface area contributed by atoms with Crippen molar-refractivity contribution < 1.29 is 8.78 Å². The number of hydrogen-bond donors (Lipinski definition) is 1. The van der Waals surface area contributed by atoms with Crippen molar-refractivity contribution in [1.82, 2.24) is 8.75 Å². The zero-order chi connectivity index (χ0) is 11.5. The zero-order valence-electron chi connectivity index (χ0n) is 7.88. The first-order valence-electron chi connectivity index (χ1n) is 4.32. The fourth-order valence-corrected chi connectivity index (χ4v) is 1.82. The molecule has 0 aliphatic heterocycles. The van der Waals surface area contributed by atoms with Crippen LogP contribution in [0.15, 0.2) is 18.2 Å². The second-order valence-corrected chi connectivity index (χ2v) is 3.88. The quantitative estimate of drug-likeness (QED) is 0.923. The molecule has 1 aromatic heterocycles. The van der Waals surface area contributed by atoms with Crippen LogP contribution in [-0.4, -0.2) is 8.75 Å². The zero-order valence-corrected chi connectivity index (χ0v) is 9.45. The number of halogens is 3. The molecule has 0 atom stereocenters. The van der Waals surface area contributed by atoms with Crippen LogP contribution in [0.1, 0.15) is 5.56 Å². The molecule has 0 amide bonds. The van der Waals surface area contributed by atoms with E-state index in [1.807, 2.05) is 0 Å². The Morgan fingerprint density at radius 2 is 2.12 bits per heavy atom. The monoisotopic (exact) mass is 261 g/mol. The first kappa shape index (κ1) is 11.2. The van der Waals surface area contributed by atoms with Gasteiger partial charge in [-0.1, -0.05) is 11.6 Å². The molecule has 0 fully saturated rings. The largest absolute Gasteiger partial charge is 0.362 e. The number of rotatable bonds is 3. The summed E-state index contributed by atoms with van der Waals surface area (Å²) in [5.41, 5.74) is 0.212. The molecule has 1 aromatic carbocycles. The highest BCUT2D eigenvalue weighted by Crippen LogP contribution is 2.19. The van der Waals surface area contributed by atoms with Crippen molar-refractivity contribution in [2.45, 2.75) is 6.54 Å². The van der Waals surface area contributed by atoms with Gasteiger partial charge in [0.1, 0.15) is 11.6 Å². The van der Waals surface area contributed by atoms with Gasteiger partial charge in [-0.15, -0.1) is 0 Å². The van der Waals surface area contributed by atoms with Crippen LogP contribution in [0.4, 0.5) is 14.6 Å². The lowest BCUT2D eigenvalue weighted by Gasteiger charge is -2.04. The van der Waals surface area contributed by atoms with E-state index < -0.39 is 11.6 Å². The number of aromatic nitrogens is 2. The number of anilines is 1. The molecule has 7 heteroatoms. The summed E-state index contributed by atoms with van der Waals surface area (Å²) in [4.78, 5) is 0. The van der Waals surface area contributed by atoms with Crippen LogP contribution in [0.2, 0.25) is 5.15 Å². The Labute approximate surface area is 99.4 Å². The van der Waals surface area contributed by atoms with Gasteiger partial charge in [0.15, 0.2) is 11.0 Å². The predicted molar refractivity (Wildman–Crippen MR) is 58.6 cm³/mol. The maximum atomic E-state index is 13.2. The van der Waals surface area contributed by atoms with Gasteiger partial charge >= 0.3 is 0 Å². The van der Waals surface area contributed by atoms with Crippen LogP contribution in [0.5, 0.6) is 0 Å². The van der Waals surface area contributed by atoms with Gasteiger partial charge in [0.05, 0.1) is 11.7 Å². The molecule has 0 bridgehead atoms. The highest BCUT2D eigenvalue weighted by molar-refractivity contribution is 6.99. The third-order valence-corrected chi connectivity index (χ3v) is 2.79. The fourth-order valence-electron chi connectivity index (χ4n) is 1.14.